The van der Waals surface area contributed by atoms with Crippen LogP contribution in [-0.4, -0.2) is 67.1 Å². The topological polar surface area (TPSA) is 193 Å². The van der Waals surface area contributed by atoms with Crippen molar-refractivity contribution in [2.75, 3.05) is 19.6 Å². The van der Waals surface area contributed by atoms with Crippen LogP contribution in [0.15, 0.2) is 108 Å². The van der Waals surface area contributed by atoms with Crippen LogP contribution in [0.1, 0.15) is 27.0 Å². The molecule has 0 aliphatic carbocycles. The molecule has 0 heterocycles. The highest BCUT2D eigenvalue weighted by molar-refractivity contribution is 7.89. The standard InChI is InChI=1S/C33H34N4O5S.C2HF3O2/c34-18-19-36-33(40)29-6-2-5-28(22-29)27-4-1-3-26(21-27)23-37(32(39)16-11-24-7-12-30(38)13-8-24)20-17-25-9-14-31(15-10-25)43(35,41)42;3-2(4,5)1(6)7/h1-16,21-22,38H,17-20,23,34H2,(H,36,40)(H2,35,41,42);(H,6,7). The number of halogens is 3. The van der Waals surface area contributed by atoms with E-state index in [1.54, 1.807) is 53.4 Å². The summed E-state index contributed by atoms with van der Waals surface area (Å²) in [6.07, 6.45) is -1.42. The van der Waals surface area contributed by atoms with Crippen LogP contribution >= 0.6 is 0 Å². The average Bonchev–Trinajstić information content (AvgIpc) is 3.08. The zero-order chi connectivity index (χ0) is 36.9. The largest absolute Gasteiger partial charge is 0.508 e. The lowest BCUT2D eigenvalue weighted by Gasteiger charge is -2.22. The fourth-order valence-corrected chi connectivity index (χ4v) is 4.95. The Bertz CT molecular complexity index is 1920. The van der Waals surface area contributed by atoms with Crippen molar-refractivity contribution in [1.29, 1.82) is 0 Å². The molecule has 0 atom stereocenters. The Morgan fingerprint density at radius 3 is 2.04 bits per heavy atom. The van der Waals surface area contributed by atoms with Crippen molar-refractivity contribution >= 4 is 33.9 Å². The Kier molecular flexibility index (Phi) is 13.8. The highest BCUT2D eigenvalue weighted by Crippen LogP contribution is 2.23. The summed E-state index contributed by atoms with van der Waals surface area (Å²) in [7, 11) is -3.80. The molecule has 11 nitrogen and oxygen atoms in total. The predicted octanol–water partition coefficient (Wildman–Crippen LogP) is 4.31. The minimum absolute atomic E-state index is 0.0266. The number of phenolic OH excluding ortho intramolecular Hbond substituents is 1. The van der Waals surface area contributed by atoms with Gasteiger partial charge in [-0.05, 0) is 82.8 Å². The molecule has 0 radical (unpaired) electrons. The van der Waals surface area contributed by atoms with Gasteiger partial charge < -0.3 is 26.2 Å². The second-order valence-corrected chi connectivity index (χ2v) is 12.3. The molecular weight excluding hydrogens is 677 g/mol. The number of hydrogen-bond donors (Lipinski definition) is 5. The van der Waals surface area contributed by atoms with Gasteiger partial charge in [-0.2, -0.15) is 13.2 Å². The molecule has 0 bridgehead atoms. The number of phenols is 1. The predicted molar refractivity (Wildman–Crippen MR) is 181 cm³/mol. The molecule has 4 aromatic carbocycles. The van der Waals surface area contributed by atoms with Gasteiger partial charge >= 0.3 is 12.1 Å². The van der Waals surface area contributed by atoms with Crippen molar-refractivity contribution in [3.8, 4) is 16.9 Å². The molecule has 2 amide bonds. The van der Waals surface area contributed by atoms with Crippen LogP contribution < -0.4 is 16.2 Å². The number of carbonyl (C=O) groups excluding carboxylic acids is 2. The van der Waals surface area contributed by atoms with E-state index in [2.05, 4.69) is 5.32 Å². The summed E-state index contributed by atoms with van der Waals surface area (Å²) < 4.78 is 55.0. The number of aromatic hydroxyl groups is 1. The van der Waals surface area contributed by atoms with E-state index in [0.29, 0.717) is 38.2 Å². The third kappa shape index (κ3) is 12.5. The van der Waals surface area contributed by atoms with E-state index < -0.39 is 22.2 Å². The van der Waals surface area contributed by atoms with Gasteiger partial charge in [0.1, 0.15) is 5.75 Å². The third-order valence-corrected chi connectivity index (χ3v) is 7.91. The van der Waals surface area contributed by atoms with Crippen molar-refractivity contribution in [3.05, 3.63) is 125 Å². The lowest BCUT2D eigenvalue weighted by Crippen LogP contribution is -2.31. The molecule has 0 spiro atoms. The minimum atomic E-state index is -5.08. The molecule has 0 unspecified atom stereocenters. The Labute approximate surface area is 286 Å². The number of sulfonamides is 1. The fraction of sp³-hybridized carbons (Fsp3) is 0.171. The van der Waals surface area contributed by atoms with Crippen LogP contribution in [0.5, 0.6) is 5.75 Å². The van der Waals surface area contributed by atoms with Gasteiger partial charge in [0.05, 0.1) is 4.90 Å². The number of primary sulfonamides is 1. The number of hydrogen-bond acceptors (Lipinski definition) is 7. The number of nitrogens with zero attached hydrogens (tertiary/aromatic N) is 1. The molecule has 0 aliphatic heterocycles. The van der Waals surface area contributed by atoms with Gasteiger partial charge in [0.25, 0.3) is 5.91 Å². The van der Waals surface area contributed by atoms with E-state index in [1.807, 2.05) is 42.5 Å². The third-order valence-electron chi connectivity index (χ3n) is 6.98. The molecule has 50 heavy (non-hydrogen) atoms. The van der Waals surface area contributed by atoms with Crippen molar-refractivity contribution in [2.45, 2.75) is 24.0 Å². The van der Waals surface area contributed by atoms with Crippen LogP contribution in [0, 0.1) is 0 Å². The van der Waals surface area contributed by atoms with E-state index >= 15 is 0 Å². The van der Waals surface area contributed by atoms with Crippen LogP contribution in [0.25, 0.3) is 17.2 Å². The molecule has 264 valence electrons. The molecule has 7 N–H and O–H groups in total. The number of alkyl halides is 3. The minimum Gasteiger partial charge on any atom is -0.508 e. The molecule has 0 saturated carbocycles. The summed E-state index contributed by atoms with van der Waals surface area (Å²) in [5.74, 6) is -3.02. The van der Waals surface area contributed by atoms with Crippen molar-refractivity contribution in [2.24, 2.45) is 10.9 Å². The molecule has 0 aliphatic rings. The first kappa shape index (κ1) is 38.9. The smallest absolute Gasteiger partial charge is 0.490 e. The second kappa shape index (κ2) is 17.8. The summed E-state index contributed by atoms with van der Waals surface area (Å²) in [4.78, 5) is 36.5. The number of nitrogens with one attached hydrogen (secondary N) is 1. The summed E-state index contributed by atoms with van der Waals surface area (Å²) >= 11 is 0. The first-order valence-electron chi connectivity index (χ1n) is 14.9. The molecule has 4 aromatic rings. The normalized spacial score (nSPS) is 11.4. The number of aliphatic carboxylic acids is 1. The van der Waals surface area contributed by atoms with Crippen LogP contribution in [0.3, 0.4) is 0 Å². The summed E-state index contributed by atoms with van der Waals surface area (Å²) in [5, 5.41) is 24.7. The monoisotopic (exact) mass is 712 g/mol. The van der Waals surface area contributed by atoms with E-state index in [-0.39, 0.29) is 22.5 Å². The number of carboxylic acids is 1. The lowest BCUT2D eigenvalue weighted by atomic mass is 10.0. The molecule has 15 heteroatoms. The van der Waals surface area contributed by atoms with Crippen molar-refractivity contribution < 1.29 is 46.2 Å². The maximum atomic E-state index is 13.4. The van der Waals surface area contributed by atoms with Crippen molar-refractivity contribution in [3.63, 3.8) is 0 Å². The van der Waals surface area contributed by atoms with Gasteiger partial charge in [-0.1, -0.05) is 54.6 Å². The summed E-state index contributed by atoms with van der Waals surface area (Å²) in [6, 6.07) is 27.9. The van der Waals surface area contributed by atoms with Gasteiger partial charge in [0.15, 0.2) is 0 Å². The van der Waals surface area contributed by atoms with Gasteiger partial charge in [0.2, 0.25) is 15.9 Å². The Morgan fingerprint density at radius 1 is 0.860 bits per heavy atom. The van der Waals surface area contributed by atoms with Crippen LogP contribution in [-0.2, 0) is 32.6 Å². The SMILES string of the molecule is NCCNC(=O)c1cccc(-c2cccc(CN(CCc3ccc(S(N)(=O)=O)cc3)C(=O)C=Cc3ccc(O)cc3)c2)c1.O=C(O)C(F)(F)F. The molecule has 0 aromatic heterocycles. The van der Waals surface area contributed by atoms with E-state index in [1.165, 1.54) is 18.2 Å². The summed E-state index contributed by atoms with van der Waals surface area (Å²) in [5.41, 5.74) is 10.3. The highest BCUT2D eigenvalue weighted by Gasteiger charge is 2.38. The summed E-state index contributed by atoms with van der Waals surface area (Å²) in [6.45, 7) is 1.43. The van der Waals surface area contributed by atoms with E-state index in [0.717, 1.165) is 27.8 Å². The van der Waals surface area contributed by atoms with Crippen LogP contribution in [0.2, 0.25) is 0 Å². The molecule has 0 saturated heterocycles. The second-order valence-electron chi connectivity index (χ2n) is 10.8. The van der Waals surface area contributed by atoms with Gasteiger partial charge in [0, 0.05) is 37.8 Å². The quantitative estimate of drug-likeness (QED) is 0.134. The number of rotatable bonds is 12. The Balaban J connectivity index is 0.000000872. The number of benzene rings is 4. The number of amides is 2. The zero-order valence-electron chi connectivity index (χ0n) is 26.5. The maximum absolute atomic E-state index is 13.4. The average molecular weight is 713 g/mol. The van der Waals surface area contributed by atoms with Gasteiger partial charge in [-0.15, -0.1) is 0 Å². The molecule has 0 fully saturated rings. The number of nitrogens with two attached hydrogens (primary N) is 2. The zero-order valence-corrected chi connectivity index (χ0v) is 27.3. The van der Waals surface area contributed by atoms with Gasteiger partial charge in [-0.25, -0.2) is 18.4 Å². The molecule has 4 rings (SSSR count). The van der Waals surface area contributed by atoms with Crippen molar-refractivity contribution in [1.82, 2.24) is 10.2 Å². The van der Waals surface area contributed by atoms with E-state index in [9.17, 15) is 36.3 Å². The highest BCUT2D eigenvalue weighted by atomic mass is 32.2. The number of carboxylic acid groups (broad SMARTS) is 1. The maximum Gasteiger partial charge on any atom is 0.490 e. The number of carbonyl (C=O) groups is 3. The van der Waals surface area contributed by atoms with Gasteiger partial charge in [-0.3, -0.25) is 9.59 Å². The first-order chi connectivity index (χ1) is 23.6. The first-order valence-corrected chi connectivity index (χ1v) is 16.5. The Hall–Kier alpha value is -5.51. The van der Waals surface area contributed by atoms with Crippen LogP contribution in [0.4, 0.5) is 13.2 Å². The van der Waals surface area contributed by atoms with E-state index in [4.69, 9.17) is 20.8 Å². The molecular formula is C35H35F3N4O7S. The Morgan fingerprint density at radius 2 is 1.46 bits per heavy atom. The fourth-order valence-electron chi connectivity index (χ4n) is 4.43. The lowest BCUT2D eigenvalue weighted by molar-refractivity contribution is -0.192.